The summed E-state index contributed by atoms with van der Waals surface area (Å²) in [5.74, 6) is 0.439. The number of amides is 2. The maximum atomic E-state index is 11.9. The van der Waals surface area contributed by atoms with Crippen LogP contribution < -0.4 is 5.32 Å². The van der Waals surface area contributed by atoms with Crippen LogP contribution in [0.15, 0.2) is 0 Å². The Morgan fingerprint density at radius 1 is 1.11 bits per heavy atom. The molecule has 110 valence electrons. The van der Waals surface area contributed by atoms with E-state index in [2.05, 4.69) is 19.2 Å². The van der Waals surface area contributed by atoms with Gasteiger partial charge >= 0.3 is 12.0 Å². The summed E-state index contributed by atoms with van der Waals surface area (Å²) in [7, 11) is 0. The number of carbonyl (C=O) groups is 2. The predicted molar refractivity (Wildman–Crippen MR) is 74.0 cm³/mol. The molecule has 1 heterocycles. The van der Waals surface area contributed by atoms with Crippen molar-refractivity contribution in [3.05, 3.63) is 0 Å². The lowest BCUT2D eigenvalue weighted by Crippen LogP contribution is -2.39. The topological polar surface area (TPSA) is 69.6 Å². The Kier molecular flexibility index (Phi) is 6.67. The van der Waals surface area contributed by atoms with Gasteiger partial charge in [-0.05, 0) is 24.7 Å². The molecule has 0 saturated carbocycles. The Morgan fingerprint density at radius 3 is 2.26 bits per heavy atom. The average Bonchev–Trinajstić information content (AvgIpc) is 2.68. The van der Waals surface area contributed by atoms with E-state index in [1.54, 1.807) is 0 Å². The first kappa shape index (κ1) is 15.8. The van der Waals surface area contributed by atoms with E-state index >= 15 is 0 Å². The van der Waals surface area contributed by atoms with Gasteiger partial charge in [-0.15, -0.1) is 0 Å². The minimum atomic E-state index is -0.731. The fraction of sp³-hybridized carbons (Fsp3) is 0.857. The van der Waals surface area contributed by atoms with Gasteiger partial charge in [-0.25, -0.2) is 4.79 Å². The van der Waals surface area contributed by atoms with Crippen molar-refractivity contribution in [1.82, 2.24) is 10.2 Å². The monoisotopic (exact) mass is 270 g/mol. The number of nitrogens with one attached hydrogen (secondary N) is 1. The molecule has 5 heteroatoms. The highest BCUT2D eigenvalue weighted by Gasteiger charge is 2.28. The van der Waals surface area contributed by atoms with E-state index < -0.39 is 5.97 Å². The molecular weight excluding hydrogens is 244 g/mol. The van der Waals surface area contributed by atoms with Gasteiger partial charge in [-0.1, -0.05) is 26.7 Å². The molecular formula is C14H26N2O3. The van der Waals surface area contributed by atoms with Gasteiger partial charge in [0.1, 0.15) is 0 Å². The van der Waals surface area contributed by atoms with E-state index in [0.717, 1.165) is 38.8 Å². The van der Waals surface area contributed by atoms with Crippen molar-refractivity contribution in [3.63, 3.8) is 0 Å². The van der Waals surface area contributed by atoms with E-state index in [1.165, 1.54) is 0 Å². The van der Waals surface area contributed by atoms with Gasteiger partial charge in [-0.3, -0.25) is 4.79 Å². The largest absolute Gasteiger partial charge is 0.481 e. The van der Waals surface area contributed by atoms with Crippen molar-refractivity contribution in [3.8, 4) is 0 Å². The van der Waals surface area contributed by atoms with Crippen LogP contribution >= 0.6 is 0 Å². The summed E-state index contributed by atoms with van der Waals surface area (Å²) in [5.41, 5.74) is 0. The van der Waals surface area contributed by atoms with E-state index in [0.29, 0.717) is 18.4 Å². The quantitative estimate of drug-likeness (QED) is 0.697. The second-order valence-electron chi connectivity index (χ2n) is 5.65. The van der Waals surface area contributed by atoms with Crippen molar-refractivity contribution < 1.29 is 14.7 Å². The maximum Gasteiger partial charge on any atom is 0.317 e. The molecule has 19 heavy (non-hydrogen) atoms. The standard InChI is InChI=1S/C14H26N2O3/c1-11-9-16(10-12(11)2)14(19)15-8-6-4-3-5-7-13(17)18/h11-12H,3-10H2,1-2H3,(H,15,19)(H,17,18). The summed E-state index contributed by atoms with van der Waals surface area (Å²) in [4.78, 5) is 24.1. The fourth-order valence-electron chi connectivity index (χ4n) is 2.36. The van der Waals surface area contributed by atoms with E-state index in [4.69, 9.17) is 5.11 Å². The summed E-state index contributed by atoms with van der Waals surface area (Å²) >= 11 is 0. The van der Waals surface area contributed by atoms with Crippen LogP contribution in [-0.4, -0.2) is 41.6 Å². The Balaban J connectivity index is 2.00. The van der Waals surface area contributed by atoms with Crippen molar-refractivity contribution in [2.24, 2.45) is 11.8 Å². The molecule has 0 spiro atoms. The number of hydrogen-bond acceptors (Lipinski definition) is 2. The van der Waals surface area contributed by atoms with Gasteiger partial charge in [0.2, 0.25) is 0 Å². The summed E-state index contributed by atoms with van der Waals surface area (Å²) in [6.45, 7) is 6.75. The van der Waals surface area contributed by atoms with Gasteiger partial charge in [0.15, 0.2) is 0 Å². The van der Waals surface area contributed by atoms with Gasteiger partial charge in [0, 0.05) is 26.1 Å². The van der Waals surface area contributed by atoms with E-state index in [1.807, 2.05) is 4.90 Å². The highest BCUT2D eigenvalue weighted by molar-refractivity contribution is 5.74. The number of carbonyl (C=O) groups excluding carboxylic acids is 1. The van der Waals surface area contributed by atoms with Crippen LogP contribution in [0, 0.1) is 11.8 Å². The number of likely N-dealkylation sites (tertiary alicyclic amines) is 1. The number of rotatable bonds is 7. The Labute approximate surface area is 115 Å². The van der Waals surface area contributed by atoms with Gasteiger partial charge in [0.05, 0.1) is 0 Å². The molecule has 2 amide bonds. The molecule has 0 aromatic rings. The molecule has 0 aromatic carbocycles. The molecule has 0 aromatic heterocycles. The Bertz CT molecular complexity index is 297. The normalized spacial score (nSPS) is 22.5. The van der Waals surface area contributed by atoms with Crippen molar-refractivity contribution in [2.75, 3.05) is 19.6 Å². The molecule has 0 radical (unpaired) electrons. The molecule has 2 N–H and O–H groups in total. The third-order valence-electron chi connectivity index (χ3n) is 3.87. The highest BCUT2D eigenvalue weighted by atomic mass is 16.4. The molecule has 1 rings (SSSR count). The lowest BCUT2D eigenvalue weighted by Gasteiger charge is -2.16. The van der Waals surface area contributed by atoms with Crippen LogP contribution in [0.1, 0.15) is 46.0 Å². The van der Waals surface area contributed by atoms with Gasteiger partial charge < -0.3 is 15.3 Å². The lowest BCUT2D eigenvalue weighted by atomic mass is 10.0. The van der Waals surface area contributed by atoms with Crippen LogP contribution in [0.4, 0.5) is 4.79 Å². The average molecular weight is 270 g/mol. The maximum absolute atomic E-state index is 11.9. The summed E-state index contributed by atoms with van der Waals surface area (Å²) in [6, 6.07) is 0.0433. The molecule has 2 atom stereocenters. The molecule has 1 aliphatic rings. The van der Waals surface area contributed by atoms with Crippen LogP contribution in [0.25, 0.3) is 0 Å². The molecule has 0 aliphatic carbocycles. The van der Waals surface area contributed by atoms with Crippen LogP contribution in [0.2, 0.25) is 0 Å². The summed E-state index contributed by atoms with van der Waals surface area (Å²) < 4.78 is 0. The zero-order valence-corrected chi connectivity index (χ0v) is 12.0. The zero-order valence-electron chi connectivity index (χ0n) is 12.0. The van der Waals surface area contributed by atoms with Crippen molar-refractivity contribution >= 4 is 12.0 Å². The highest BCUT2D eigenvalue weighted by Crippen LogP contribution is 2.21. The SMILES string of the molecule is CC1CN(C(=O)NCCCCCCC(=O)O)CC1C. The molecule has 1 fully saturated rings. The van der Waals surface area contributed by atoms with Gasteiger partial charge in [-0.2, -0.15) is 0 Å². The molecule has 2 unspecified atom stereocenters. The third kappa shape index (κ3) is 5.94. The minimum Gasteiger partial charge on any atom is -0.481 e. The number of unbranched alkanes of at least 4 members (excludes halogenated alkanes) is 3. The minimum absolute atomic E-state index is 0.0433. The van der Waals surface area contributed by atoms with Crippen LogP contribution in [0.5, 0.6) is 0 Å². The number of urea groups is 1. The lowest BCUT2D eigenvalue weighted by molar-refractivity contribution is -0.137. The van der Waals surface area contributed by atoms with Crippen LogP contribution in [0.3, 0.4) is 0 Å². The number of nitrogens with zero attached hydrogens (tertiary/aromatic N) is 1. The number of hydrogen-bond donors (Lipinski definition) is 2. The first-order chi connectivity index (χ1) is 9.00. The second kappa shape index (κ2) is 8.02. The fourth-order valence-corrected chi connectivity index (χ4v) is 2.36. The predicted octanol–water partition coefficient (Wildman–Crippen LogP) is 2.32. The van der Waals surface area contributed by atoms with E-state index in [9.17, 15) is 9.59 Å². The molecule has 1 aliphatic heterocycles. The Hall–Kier alpha value is -1.26. The van der Waals surface area contributed by atoms with Crippen LogP contribution in [-0.2, 0) is 4.79 Å². The summed E-state index contributed by atoms with van der Waals surface area (Å²) in [5, 5.41) is 11.4. The number of aliphatic carboxylic acids is 1. The van der Waals surface area contributed by atoms with Gasteiger partial charge in [0.25, 0.3) is 0 Å². The smallest absolute Gasteiger partial charge is 0.317 e. The Morgan fingerprint density at radius 2 is 1.68 bits per heavy atom. The van der Waals surface area contributed by atoms with Crippen molar-refractivity contribution in [1.29, 1.82) is 0 Å². The van der Waals surface area contributed by atoms with Crippen molar-refractivity contribution in [2.45, 2.75) is 46.0 Å². The third-order valence-corrected chi connectivity index (χ3v) is 3.87. The molecule has 5 nitrogen and oxygen atoms in total. The first-order valence-electron chi connectivity index (χ1n) is 7.25. The number of carboxylic acids is 1. The number of carboxylic acid groups (broad SMARTS) is 1. The second-order valence-corrected chi connectivity index (χ2v) is 5.65. The first-order valence-corrected chi connectivity index (χ1v) is 7.25. The molecule has 1 saturated heterocycles. The van der Waals surface area contributed by atoms with E-state index in [-0.39, 0.29) is 12.5 Å². The zero-order chi connectivity index (χ0) is 14.3. The molecule has 0 bridgehead atoms. The summed E-state index contributed by atoms with van der Waals surface area (Å²) in [6.07, 6.45) is 3.78.